The number of carbonyl (C=O) groups is 1. The van der Waals surface area contributed by atoms with E-state index in [0.29, 0.717) is 28.0 Å². The molecule has 2 aromatic heterocycles. The van der Waals surface area contributed by atoms with Gasteiger partial charge >= 0.3 is 21.7 Å². The second-order valence-corrected chi connectivity index (χ2v) is 9.51. The number of carbonyl (C=O) groups excluding carboxylic acids is 1. The Morgan fingerprint density at radius 2 is 1.73 bits per heavy atom. The molecule has 0 aliphatic heterocycles. The third kappa shape index (κ3) is 5.69. The smallest absolute Gasteiger partial charge is 0.443 e. The molecule has 3 aromatic rings. The van der Waals surface area contributed by atoms with Gasteiger partial charge in [0.15, 0.2) is 0 Å². The summed E-state index contributed by atoms with van der Waals surface area (Å²) in [6.07, 6.45) is 0.913. The molecule has 176 valence electrons. The maximum Gasteiger partial charge on any atom is 0.534 e. The summed E-state index contributed by atoms with van der Waals surface area (Å²) in [7, 11) is -4.25. The maximum atomic E-state index is 12.5. The van der Waals surface area contributed by atoms with Crippen molar-refractivity contribution in [1.82, 2.24) is 9.97 Å². The van der Waals surface area contributed by atoms with Gasteiger partial charge < -0.3 is 8.92 Å². The van der Waals surface area contributed by atoms with E-state index in [1.807, 2.05) is 0 Å². The van der Waals surface area contributed by atoms with Crippen molar-refractivity contribution in [2.45, 2.75) is 31.9 Å². The molecule has 0 unspecified atom stereocenters. The third-order valence-electron chi connectivity index (χ3n) is 4.20. The first-order valence-electron chi connectivity index (χ1n) is 9.51. The van der Waals surface area contributed by atoms with E-state index in [2.05, 4.69) is 14.2 Å². The number of ether oxygens (including phenoxy) is 1. The molecule has 0 atom stereocenters. The molecule has 0 spiro atoms. The monoisotopic (exact) mass is 483 g/mol. The molecule has 0 fully saturated rings. The Kier molecular flexibility index (Phi) is 6.25. The number of hydrogen-bond donors (Lipinski definition) is 0. The highest BCUT2D eigenvalue weighted by Gasteiger charge is 2.48. The number of aromatic nitrogens is 2. The number of halogens is 3. The quantitative estimate of drug-likeness (QED) is 0.385. The van der Waals surface area contributed by atoms with E-state index in [-0.39, 0.29) is 0 Å². The summed E-state index contributed by atoms with van der Waals surface area (Å²) in [4.78, 5) is 22.2. The van der Waals surface area contributed by atoms with Crippen LogP contribution in [0.15, 0.2) is 48.7 Å². The highest BCUT2D eigenvalue weighted by atomic mass is 32.2. The fraction of sp³-hybridized carbons (Fsp3) is 0.286. The van der Waals surface area contributed by atoms with Crippen LogP contribution < -0.4 is 9.08 Å². The standard InChI is InChI=1S/C21H20F3N3O5S/c1-20(2,3)31-19(28)27(4)18-12-14(9-10-25-18)16-7-5-13-11-15(6-8-17(13)26-16)32-33(29,30)21(22,23)24/h5-12H,1-4H3. The van der Waals surface area contributed by atoms with Gasteiger partial charge in [0.25, 0.3) is 0 Å². The Balaban J connectivity index is 1.88. The van der Waals surface area contributed by atoms with Crippen molar-refractivity contribution in [2.24, 2.45) is 0 Å². The Labute approximate surface area is 188 Å². The molecule has 0 bridgehead atoms. The van der Waals surface area contributed by atoms with E-state index in [9.17, 15) is 26.4 Å². The molecule has 0 aliphatic carbocycles. The molecule has 12 heteroatoms. The second-order valence-electron chi connectivity index (χ2n) is 7.98. The van der Waals surface area contributed by atoms with Gasteiger partial charge in [0, 0.05) is 24.2 Å². The van der Waals surface area contributed by atoms with Gasteiger partial charge in [0.2, 0.25) is 0 Å². The molecule has 0 aliphatic rings. The Morgan fingerprint density at radius 1 is 1.03 bits per heavy atom. The minimum absolute atomic E-state index is 0.324. The molecule has 1 amide bonds. The first-order chi connectivity index (χ1) is 15.2. The molecule has 3 rings (SSSR count). The second kappa shape index (κ2) is 8.50. The summed E-state index contributed by atoms with van der Waals surface area (Å²) in [5, 5.41) is 0.369. The number of fused-ring (bicyclic) bond motifs is 1. The molecular formula is C21H20F3N3O5S. The molecule has 1 aromatic carbocycles. The number of alkyl halides is 3. The van der Waals surface area contributed by atoms with Crippen LogP contribution in [0.2, 0.25) is 0 Å². The van der Waals surface area contributed by atoms with Crippen LogP contribution in [0.25, 0.3) is 22.2 Å². The van der Waals surface area contributed by atoms with Gasteiger partial charge in [-0.3, -0.25) is 4.90 Å². The van der Waals surface area contributed by atoms with E-state index < -0.39 is 33.1 Å². The van der Waals surface area contributed by atoms with Gasteiger partial charge in [-0.15, -0.1) is 0 Å². The molecule has 2 heterocycles. The van der Waals surface area contributed by atoms with Crippen molar-refractivity contribution in [3.8, 4) is 17.0 Å². The van der Waals surface area contributed by atoms with Crippen LogP contribution in [0.4, 0.5) is 23.8 Å². The van der Waals surface area contributed by atoms with Gasteiger partial charge in [-0.25, -0.2) is 14.8 Å². The lowest BCUT2D eigenvalue weighted by Crippen LogP contribution is -2.34. The van der Waals surface area contributed by atoms with Crippen LogP contribution in [0.1, 0.15) is 20.8 Å². The van der Waals surface area contributed by atoms with E-state index in [4.69, 9.17) is 4.74 Å². The summed E-state index contributed by atoms with van der Waals surface area (Å²) >= 11 is 0. The number of pyridine rings is 2. The summed E-state index contributed by atoms with van der Waals surface area (Å²) in [6.45, 7) is 5.24. The summed E-state index contributed by atoms with van der Waals surface area (Å²) < 4.78 is 69.5. The zero-order valence-electron chi connectivity index (χ0n) is 18.0. The van der Waals surface area contributed by atoms with Crippen LogP contribution in [-0.2, 0) is 14.9 Å². The SMILES string of the molecule is CN(C(=O)OC(C)(C)C)c1cc(-c2ccc3cc(OS(=O)(=O)C(F)(F)F)ccc3n2)ccn1. The van der Waals surface area contributed by atoms with Crippen LogP contribution >= 0.6 is 0 Å². The molecule has 0 radical (unpaired) electrons. The Morgan fingerprint density at radius 3 is 2.36 bits per heavy atom. The average molecular weight is 483 g/mol. The normalized spacial score (nSPS) is 12.5. The van der Waals surface area contributed by atoms with Gasteiger partial charge in [0.05, 0.1) is 11.2 Å². The molecule has 0 N–H and O–H groups in total. The average Bonchev–Trinajstić information content (AvgIpc) is 2.70. The largest absolute Gasteiger partial charge is 0.534 e. The Bertz CT molecular complexity index is 1300. The van der Waals surface area contributed by atoms with Crippen molar-refractivity contribution >= 4 is 32.9 Å². The molecule has 0 saturated carbocycles. The van der Waals surface area contributed by atoms with Gasteiger partial charge in [-0.2, -0.15) is 21.6 Å². The number of rotatable bonds is 4. The fourth-order valence-electron chi connectivity index (χ4n) is 2.68. The van der Waals surface area contributed by atoms with Crippen LogP contribution in [0.5, 0.6) is 5.75 Å². The predicted molar refractivity (Wildman–Crippen MR) is 115 cm³/mol. The van der Waals surface area contributed by atoms with E-state index in [0.717, 1.165) is 12.1 Å². The number of anilines is 1. The van der Waals surface area contributed by atoms with Gasteiger partial charge in [-0.05, 0) is 57.2 Å². The fourth-order valence-corrected chi connectivity index (χ4v) is 3.13. The number of benzene rings is 1. The zero-order chi connectivity index (χ0) is 24.6. The number of hydrogen-bond acceptors (Lipinski definition) is 7. The highest BCUT2D eigenvalue weighted by Crippen LogP contribution is 2.30. The molecule has 0 saturated heterocycles. The van der Waals surface area contributed by atoms with Crippen molar-refractivity contribution < 1.29 is 35.3 Å². The van der Waals surface area contributed by atoms with E-state index >= 15 is 0 Å². The van der Waals surface area contributed by atoms with Crippen LogP contribution in [0, 0.1) is 0 Å². The Hall–Kier alpha value is -3.41. The number of amides is 1. The lowest BCUT2D eigenvalue weighted by molar-refractivity contribution is -0.0500. The molecular weight excluding hydrogens is 463 g/mol. The molecule has 8 nitrogen and oxygen atoms in total. The van der Waals surface area contributed by atoms with Gasteiger partial charge in [0.1, 0.15) is 17.2 Å². The predicted octanol–water partition coefficient (Wildman–Crippen LogP) is 4.90. The molecule has 33 heavy (non-hydrogen) atoms. The third-order valence-corrected chi connectivity index (χ3v) is 5.18. The van der Waals surface area contributed by atoms with Crippen molar-refractivity contribution in [2.75, 3.05) is 11.9 Å². The van der Waals surface area contributed by atoms with Crippen molar-refractivity contribution in [3.63, 3.8) is 0 Å². The number of nitrogens with zero attached hydrogens (tertiary/aromatic N) is 3. The van der Waals surface area contributed by atoms with Crippen molar-refractivity contribution in [3.05, 3.63) is 48.7 Å². The first-order valence-corrected chi connectivity index (χ1v) is 10.9. The van der Waals surface area contributed by atoms with Crippen LogP contribution in [-0.4, -0.2) is 42.6 Å². The van der Waals surface area contributed by atoms with E-state index in [1.54, 1.807) is 45.0 Å². The summed E-state index contributed by atoms with van der Waals surface area (Å²) in [5.41, 5.74) is -4.69. The zero-order valence-corrected chi connectivity index (χ0v) is 18.9. The van der Waals surface area contributed by atoms with Gasteiger partial charge in [-0.1, -0.05) is 6.07 Å². The minimum Gasteiger partial charge on any atom is -0.443 e. The maximum absolute atomic E-state index is 12.5. The summed E-state index contributed by atoms with van der Waals surface area (Å²) in [6, 6.07) is 10.0. The summed E-state index contributed by atoms with van der Waals surface area (Å²) in [5.74, 6) is -0.163. The van der Waals surface area contributed by atoms with E-state index in [1.165, 1.54) is 24.2 Å². The van der Waals surface area contributed by atoms with Crippen molar-refractivity contribution in [1.29, 1.82) is 0 Å². The lowest BCUT2D eigenvalue weighted by Gasteiger charge is -2.24. The first kappa shape index (κ1) is 24.2. The minimum atomic E-state index is -5.77. The topological polar surface area (TPSA) is 98.7 Å². The van der Waals surface area contributed by atoms with Crippen LogP contribution in [0.3, 0.4) is 0 Å². The lowest BCUT2D eigenvalue weighted by atomic mass is 10.1. The highest BCUT2D eigenvalue weighted by molar-refractivity contribution is 7.88.